The number of aliphatic hydroxyl groups is 1. The fraction of sp³-hybridized carbons (Fsp3) is 0.571. The van der Waals surface area contributed by atoms with Crippen molar-refractivity contribution in [1.82, 2.24) is 5.32 Å². The molecule has 1 rings (SSSR count). The predicted molar refractivity (Wildman–Crippen MR) is 77.8 cm³/mol. The Bertz CT molecular complexity index is 342. The Morgan fingerprint density at radius 2 is 2.00 bits per heavy atom. The van der Waals surface area contributed by atoms with E-state index in [0.717, 1.165) is 6.54 Å². The Balaban J connectivity index is 2.57. The first-order valence-electron chi connectivity index (χ1n) is 6.15. The predicted octanol–water partition coefficient (Wildman–Crippen LogP) is 2.04. The highest BCUT2D eigenvalue weighted by molar-refractivity contribution is 7.99. The van der Waals surface area contributed by atoms with Gasteiger partial charge in [0, 0.05) is 24.9 Å². The summed E-state index contributed by atoms with van der Waals surface area (Å²) in [6.07, 6.45) is 2.03. The summed E-state index contributed by atoms with van der Waals surface area (Å²) in [5, 5.41) is 13.0. The van der Waals surface area contributed by atoms with Gasteiger partial charge in [-0.25, -0.2) is 0 Å². The van der Waals surface area contributed by atoms with E-state index in [1.54, 1.807) is 18.9 Å². The van der Waals surface area contributed by atoms with Gasteiger partial charge < -0.3 is 15.2 Å². The first kappa shape index (κ1) is 15.5. The molecule has 2 unspecified atom stereocenters. The normalized spacial score (nSPS) is 14.4. The minimum Gasteiger partial charge on any atom is -0.395 e. The number of hydrogen-bond acceptors (Lipinski definition) is 4. The highest BCUT2D eigenvalue weighted by Gasteiger charge is 2.14. The molecule has 1 aromatic rings. The zero-order chi connectivity index (χ0) is 13.4. The fourth-order valence-corrected chi connectivity index (χ4v) is 2.52. The Morgan fingerprint density at radius 3 is 2.56 bits per heavy atom. The van der Waals surface area contributed by atoms with E-state index in [2.05, 4.69) is 24.4 Å². The van der Waals surface area contributed by atoms with Crippen LogP contribution < -0.4 is 5.32 Å². The first-order chi connectivity index (χ1) is 8.72. The zero-order valence-corrected chi connectivity index (χ0v) is 12.2. The monoisotopic (exact) mass is 269 g/mol. The maximum atomic E-state index is 9.25. The molecule has 0 aliphatic rings. The first-order valence-corrected chi connectivity index (χ1v) is 7.44. The van der Waals surface area contributed by atoms with Gasteiger partial charge in [-0.3, -0.25) is 0 Å². The second-order valence-corrected chi connectivity index (χ2v) is 5.40. The second kappa shape index (κ2) is 8.53. The van der Waals surface area contributed by atoms with Gasteiger partial charge in [0.15, 0.2) is 0 Å². The van der Waals surface area contributed by atoms with Gasteiger partial charge in [-0.2, -0.15) is 11.8 Å². The van der Waals surface area contributed by atoms with E-state index in [1.165, 1.54) is 11.1 Å². The summed E-state index contributed by atoms with van der Waals surface area (Å²) in [5.74, 6) is 0. The molecule has 2 atom stereocenters. The molecule has 0 aromatic heterocycles. The van der Waals surface area contributed by atoms with Crippen molar-refractivity contribution in [1.29, 1.82) is 0 Å². The van der Waals surface area contributed by atoms with Crippen molar-refractivity contribution < 1.29 is 9.84 Å². The lowest BCUT2D eigenvalue weighted by Gasteiger charge is -2.22. The van der Waals surface area contributed by atoms with Crippen LogP contribution in [0.5, 0.6) is 0 Å². The number of benzene rings is 1. The Labute approximate surface area is 114 Å². The lowest BCUT2D eigenvalue weighted by molar-refractivity contribution is 0.184. The van der Waals surface area contributed by atoms with Crippen LogP contribution in [0.4, 0.5) is 0 Å². The number of methoxy groups -OCH3 is 1. The van der Waals surface area contributed by atoms with Crippen molar-refractivity contribution in [3.8, 4) is 0 Å². The summed E-state index contributed by atoms with van der Waals surface area (Å²) in [7, 11) is 1.71. The van der Waals surface area contributed by atoms with Crippen molar-refractivity contribution in [3.05, 3.63) is 35.4 Å². The Kier molecular flexibility index (Phi) is 7.35. The number of aliphatic hydroxyl groups excluding tert-OH is 1. The fourth-order valence-electron chi connectivity index (χ4n) is 1.87. The number of thioether (sulfide) groups is 1. The lowest BCUT2D eigenvalue weighted by Crippen LogP contribution is -2.37. The van der Waals surface area contributed by atoms with E-state index >= 15 is 0 Å². The molecule has 1 aromatic carbocycles. The van der Waals surface area contributed by atoms with Crippen LogP contribution in [-0.4, -0.2) is 36.4 Å². The molecule has 18 heavy (non-hydrogen) atoms. The molecule has 0 saturated carbocycles. The molecule has 2 N–H and O–H groups in total. The molecule has 0 fully saturated rings. The smallest absolute Gasteiger partial charge is 0.0716 e. The number of ether oxygens (including phenoxy) is 1. The molecular formula is C14H23NO2S. The van der Waals surface area contributed by atoms with Crippen LogP contribution in [0.3, 0.4) is 0 Å². The van der Waals surface area contributed by atoms with E-state index in [0.29, 0.717) is 6.61 Å². The summed E-state index contributed by atoms with van der Waals surface area (Å²) in [6.45, 7) is 3.75. The molecule has 0 amide bonds. The van der Waals surface area contributed by atoms with Gasteiger partial charge in [0.2, 0.25) is 0 Å². The second-order valence-electron chi connectivity index (χ2n) is 4.33. The number of nitrogens with one attached hydrogen (secondary N) is 1. The number of hydrogen-bond donors (Lipinski definition) is 2. The summed E-state index contributed by atoms with van der Waals surface area (Å²) >= 11 is 1.69. The summed E-state index contributed by atoms with van der Waals surface area (Å²) in [6, 6.07) is 8.55. The topological polar surface area (TPSA) is 41.5 Å². The molecular weight excluding hydrogens is 246 g/mol. The van der Waals surface area contributed by atoms with Crippen LogP contribution in [0, 0.1) is 0 Å². The van der Waals surface area contributed by atoms with Crippen LogP contribution in [-0.2, 0) is 17.9 Å². The van der Waals surface area contributed by atoms with E-state index in [4.69, 9.17) is 4.74 Å². The van der Waals surface area contributed by atoms with Crippen molar-refractivity contribution in [2.45, 2.75) is 31.4 Å². The Morgan fingerprint density at radius 1 is 1.33 bits per heavy atom. The van der Waals surface area contributed by atoms with Crippen molar-refractivity contribution >= 4 is 11.8 Å². The van der Waals surface area contributed by atoms with Crippen molar-refractivity contribution in [2.24, 2.45) is 0 Å². The highest BCUT2D eigenvalue weighted by atomic mass is 32.2. The van der Waals surface area contributed by atoms with Gasteiger partial charge in [0.1, 0.15) is 0 Å². The molecule has 4 heteroatoms. The zero-order valence-electron chi connectivity index (χ0n) is 11.3. The summed E-state index contributed by atoms with van der Waals surface area (Å²) in [4.78, 5) is 0. The average Bonchev–Trinajstić information content (AvgIpc) is 2.39. The molecule has 0 spiro atoms. The van der Waals surface area contributed by atoms with Gasteiger partial charge in [-0.1, -0.05) is 24.3 Å². The van der Waals surface area contributed by atoms with Gasteiger partial charge in [0.05, 0.1) is 13.2 Å². The van der Waals surface area contributed by atoms with E-state index in [-0.39, 0.29) is 17.9 Å². The molecule has 3 nitrogen and oxygen atoms in total. The van der Waals surface area contributed by atoms with E-state index in [1.807, 2.05) is 18.4 Å². The lowest BCUT2D eigenvalue weighted by atomic mass is 10.1. The maximum absolute atomic E-state index is 9.25. The van der Waals surface area contributed by atoms with Crippen molar-refractivity contribution in [2.75, 3.05) is 20.0 Å². The van der Waals surface area contributed by atoms with Gasteiger partial charge in [-0.05, 0) is 24.3 Å². The van der Waals surface area contributed by atoms with E-state index in [9.17, 15) is 5.11 Å². The van der Waals surface area contributed by atoms with Gasteiger partial charge in [-0.15, -0.1) is 0 Å². The summed E-state index contributed by atoms with van der Waals surface area (Å²) in [5.41, 5.74) is 2.47. The average molecular weight is 269 g/mol. The minimum absolute atomic E-state index is 0.203. The van der Waals surface area contributed by atoms with Gasteiger partial charge in [0.25, 0.3) is 0 Å². The molecule has 0 radical (unpaired) electrons. The molecule has 0 bridgehead atoms. The molecule has 0 aliphatic heterocycles. The third-order valence-corrected chi connectivity index (χ3v) is 4.24. The van der Waals surface area contributed by atoms with Crippen LogP contribution in [0.2, 0.25) is 0 Å². The minimum atomic E-state index is 0.203. The van der Waals surface area contributed by atoms with Crippen LogP contribution in [0.15, 0.2) is 24.3 Å². The molecule has 0 heterocycles. The maximum Gasteiger partial charge on any atom is 0.0716 e. The third kappa shape index (κ3) is 4.61. The Hall–Kier alpha value is -0.550. The molecule has 0 aliphatic carbocycles. The van der Waals surface area contributed by atoms with E-state index < -0.39 is 0 Å². The summed E-state index contributed by atoms with van der Waals surface area (Å²) < 4.78 is 5.19. The SMILES string of the molecule is COCc1ccccc1CNC(C)C(CO)SC. The standard InChI is InChI=1S/C14H23NO2S/c1-11(14(9-16)18-3)15-8-12-6-4-5-7-13(12)10-17-2/h4-7,11,14-16H,8-10H2,1-3H3. The highest BCUT2D eigenvalue weighted by Crippen LogP contribution is 2.13. The van der Waals surface area contributed by atoms with Gasteiger partial charge >= 0.3 is 0 Å². The molecule has 102 valence electrons. The molecule has 0 saturated heterocycles. The van der Waals surface area contributed by atoms with Crippen LogP contribution in [0.25, 0.3) is 0 Å². The van der Waals surface area contributed by atoms with Crippen molar-refractivity contribution in [3.63, 3.8) is 0 Å². The quantitative estimate of drug-likeness (QED) is 0.758. The third-order valence-electron chi connectivity index (χ3n) is 3.07. The number of rotatable bonds is 8. The largest absolute Gasteiger partial charge is 0.395 e. The van der Waals surface area contributed by atoms with Crippen LogP contribution >= 0.6 is 11.8 Å². The van der Waals surface area contributed by atoms with Crippen LogP contribution in [0.1, 0.15) is 18.1 Å².